The number of nitro groups is 1. The minimum absolute atomic E-state index is 0.0604. The van der Waals surface area contributed by atoms with Gasteiger partial charge in [0.25, 0.3) is 5.69 Å². The molecule has 0 radical (unpaired) electrons. The van der Waals surface area contributed by atoms with Crippen LogP contribution in [0.4, 0.5) is 17.1 Å². The second kappa shape index (κ2) is 7.87. The van der Waals surface area contributed by atoms with Crippen molar-refractivity contribution in [3.8, 4) is 0 Å². The van der Waals surface area contributed by atoms with E-state index >= 15 is 0 Å². The lowest BCUT2D eigenvalue weighted by molar-refractivity contribution is -0.384. The van der Waals surface area contributed by atoms with E-state index in [9.17, 15) is 18.5 Å². The lowest BCUT2D eigenvalue weighted by Crippen LogP contribution is -2.29. The maximum Gasteiger partial charge on any atom is 0.298 e. The Labute approximate surface area is 167 Å². The van der Waals surface area contributed by atoms with E-state index < -0.39 is 26.5 Å². The van der Waals surface area contributed by atoms with Gasteiger partial charge in [-0.3, -0.25) is 15.5 Å². The van der Waals surface area contributed by atoms with Crippen LogP contribution in [-0.4, -0.2) is 36.7 Å². The van der Waals surface area contributed by atoms with Crippen molar-refractivity contribution in [2.75, 3.05) is 10.8 Å². The fourth-order valence-corrected chi connectivity index (χ4v) is 3.60. The third-order valence-corrected chi connectivity index (χ3v) is 6.04. The molecule has 1 unspecified atom stereocenters. The van der Waals surface area contributed by atoms with Crippen LogP contribution >= 0.6 is 0 Å². The number of hydrazone groups is 1. The van der Waals surface area contributed by atoms with Crippen molar-refractivity contribution in [1.29, 1.82) is 5.41 Å². The Balaban J connectivity index is 1.91. The Morgan fingerprint density at radius 1 is 1.24 bits per heavy atom. The second-order valence-corrected chi connectivity index (χ2v) is 8.48. The van der Waals surface area contributed by atoms with E-state index in [2.05, 4.69) is 15.3 Å². The number of rotatable bonds is 6. The van der Waals surface area contributed by atoms with Crippen LogP contribution in [0.1, 0.15) is 13.8 Å². The minimum atomic E-state index is -3.59. The van der Waals surface area contributed by atoms with Crippen molar-refractivity contribution in [3.05, 3.63) is 58.6 Å². The maximum absolute atomic E-state index is 12.0. The molecule has 10 nitrogen and oxygen atoms in total. The molecule has 1 aliphatic heterocycles. The number of anilines is 1. The summed E-state index contributed by atoms with van der Waals surface area (Å²) in [5.74, 6) is -0.111. The Bertz CT molecular complexity index is 1130. The second-order valence-electron chi connectivity index (χ2n) is 6.20. The number of azo groups is 1. The van der Waals surface area contributed by atoms with Crippen molar-refractivity contribution < 1.29 is 13.3 Å². The molecular formula is C18H18N6O4S. The van der Waals surface area contributed by atoms with Gasteiger partial charge in [0.1, 0.15) is 0 Å². The molecule has 2 aromatic rings. The molecule has 150 valence electrons. The largest absolute Gasteiger partial charge is 0.298 e. The smallest absolute Gasteiger partial charge is 0.284 e. The topological polar surface area (TPSA) is 141 Å². The van der Waals surface area contributed by atoms with Gasteiger partial charge in [-0.25, -0.2) is 13.4 Å². The Morgan fingerprint density at radius 2 is 1.93 bits per heavy atom. The van der Waals surface area contributed by atoms with Crippen LogP contribution in [0.3, 0.4) is 0 Å². The number of amidine groups is 1. The molecule has 1 aliphatic rings. The first-order valence-electron chi connectivity index (χ1n) is 8.65. The molecule has 0 fully saturated rings. The zero-order chi connectivity index (χ0) is 21.2. The van der Waals surface area contributed by atoms with Gasteiger partial charge in [-0.2, -0.15) is 10.2 Å². The molecule has 29 heavy (non-hydrogen) atoms. The molecule has 3 rings (SSSR count). The van der Waals surface area contributed by atoms with Gasteiger partial charge in [0, 0.05) is 6.07 Å². The van der Waals surface area contributed by atoms with Crippen molar-refractivity contribution in [2.45, 2.75) is 24.8 Å². The van der Waals surface area contributed by atoms with Crippen molar-refractivity contribution in [1.82, 2.24) is 0 Å². The number of sulfone groups is 1. The predicted octanol–water partition coefficient (Wildman–Crippen LogP) is 3.71. The molecule has 1 atom stereocenters. The molecule has 1 N–H and O–H groups in total. The fraction of sp³-hybridized carbons (Fsp3) is 0.222. The monoisotopic (exact) mass is 414 g/mol. The highest BCUT2D eigenvalue weighted by Gasteiger charge is 2.31. The van der Waals surface area contributed by atoms with Crippen LogP contribution in [0.15, 0.2) is 68.8 Å². The lowest BCUT2D eigenvalue weighted by Gasteiger charge is -2.14. The minimum Gasteiger partial charge on any atom is -0.284 e. The van der Waals surface area contributed by atoms with E-state index in [1.807, 2.05) is 18.2 Å². The molecule has 0 saturated carbocycles. The van der Waals surface area contributed by atoms with Crippen molar-refractivity contribution >= 4 is 38.4 Å². The highest BCUT2D eigenvalue weighted by Crippen LogP contribution is 2.31. The van der Waals surface area contributed by atoms with Gasteiger partial charge in [-0.1, -0.05) is 25.1 Å². The summed E-state index contributed by atoms with van der Waals surface area (Å²) < 4.78 is 24.0. The van der Waals surface area contributed by atoms with Gasteiger partial charge < -0.3 is 0 Å². The number of nitrogens with one attached hydrogen (secondary N) is 1. The first kappa shape index (κ1) is 20.3. The summed E-state index contributed by atoms with van der Waals surface area (Å²) >= 11 is 0. The number of nitrogens with zero attached hydrogens (tertiary/aromatic N) is 5. The molecule has 11 heteroatoms. The predicted molar refractivity (Wildman–Crippen MR) is 109 cm³/mol. The first-order chi connectivity index (χ1) is 13.7. The Kier molecular flexibility index (Phi) is 5.50. The third kappa shape index (κ3) is 4.04. The average Bonchev–Trinajstić information content (AvgIpc) is 3.00. The van der Waals surface area contributed by atoms with Gasteiger partial charge in [-0.15, -0.1) is 5.11 Å². The van der Waals surface area contributed by atoms with Crippen LogP contribution in [0.25, 0.3) is 0 Å². The molecule has 0 saturated heterocycles. The molecular weight excluding hydrogens is 396 g/mol. The summed E-state index contributed by atoms with van der Waals surface area (Å²) in [7, 11) is -3.59. The highest BCUT2D eigenvalue weighted by molar-refractivity contribution is 7.91. The maximum atomic E-state index is 12.0. The quantitative estimate of drug-likeness (QED) is 0.435. The van der Waals surface area contributed by atoms with Crippen molar-refractivity contribution in [3.63, 3.8) is 0 Å². The van der Waals surface area contributed by atoms with Crippen LogP contribution in [0.2, 0.25) is 0 Å². The standard InChI is InChI=1S/C18H18N6O4S/c1-3-29(27,28)14-9-10-15(16(11-14)24(25)26)20-21-17-12(2)22-23(18(17)19)13-7-5-4-6-8-13/h4-11,17,19H,3H2,1-2H3. The highest BCUT2D eigenvalue weighted by atomic mass is 32.2. The van der Waals surface area contributed by atoms with E-state index in [1.165, 1.54) is 24.1 Å². The normalized spacial score (nSPS) is 17.0. The summed E-state index contributed by atoms with van der Waals surface area (Å²) in [4.78, 5) is 10.5. The summed E-state index contributed by atoms with van der Waals surface area (Å²) in [5, 5.41) is 33.4. The van der Waals surface area contributed by atoms with E-state index in [1.54, 1.807) is 19.1 Å². The summed E-state index contributed by atoms with van der Waals surface area (Å²) in [6.45, 7) is 3.15. The van der Waals surface area contributed by atoms with Gasteiger partial charge >= 0.3 is 0 Å². The van der Waals surface area contributed by atoms with E-state index in [4.69, 9.17) is 5.41 Å². The van der Waals surface area contributed by atoms with Crippen molar-refractivity contribution in [2.24, 2.45) is 15.3 Å². The summed E-state index contributed by atoms with van der Waals surface area (Å²) in [5.41, 5.74) is 0.635. The first-order valence-corrected chi connectivity index (χ1v) is 10.3. The Hall–Kier alpha value is -3.47. The molecule has 0 aromatic heterocycles. The van der Waals surface area contributed by atoms with E-state index in [-0.39, 0.29) is 22.2 Å². The zero-order valence-electron chi connectivity index (χ0n) is 15.7. The van der Waals surface area contributed by atoms with Crippen LogP contribution in [0, 0.1) is 15.5 Å². The summed E-state index contributed by atoms with van der Waals surface area (Å²) in [6.07, 6.45) is 0. The van der Waals surface area contributed by atoms with Crippen LogP contribution in [-0.2, 0) is 9.84 Å². The van der Waals surface area contributed by atoms with E-state index in [0.29, 0.717) is 11.4 Å². The molecule has 0 spiro atoms. The molecule has 1 heterocycles. The van der Waals surface area contributed by atoms with Gasteiger partial charge in [0.2, 0.25) is 0 Å². The molecule has 2 aromatic carbocycles. The number of hydrogen-bond donors (Lipinski definition) is 1. The number of nitro benzene ring substituents is 1. The number of hydrogen-bond acceptors (Lipinski definition) is 8. The van der Waals surface area contributed by atoms with Gasteiger partial charge in [0.15, 0.2) is 27.4 Å². The molecule has 0 bridgehead atoms. The zero-order valence-corrected chi connectivity index (χ0v) is 16.5. The number of benzene rings is 2. The van der Waals surface area contributed by atoms with Crippen LogP contribution in [0.5, 0.6) is 0 Å². The third-order valence-electron chi connectivity index (χ3n) is 4.31. The fourth-order valence-electron chi connectivity index (χ4n) is 2.70. The van der Waals surface area contributed by atoms with Crippen LogP contribution < -0.4 is 5.01 Å². The summed E-state index contributed by atoms with van der Waals surface area (Å²) in [6, 6.07) is 11.7. The Morgan fingerprint density at radius 3 is 2.55 bits per heavy atom. The number of para-hydroxylation sites is 1. The van der Waals surface area contributed by atoms with E-state index in [0.717, 1.165) is 6.07 Å². The SMILES string of the molecule is CCS(=O)(=O)c1ccc(N=NC2C(=N)N(c3ccccc3)N=C2C)c([N+](=O)[O-])c1. The average molecular weight is 414 g/mol. The van der Waals surface area contributed by atoms with Gasteiger partial charge in [-0.05, 0) is 31.2 Å². The molecule has 0 aliphatic carbocycles. The van der Waals surface area contributed by atoms with Gasteiger partial charge in [0.05, 0.1) is 27.0 Å². The lowest BCUT2D eigenvalue weighted by atomic mass is 10.2. The molecule has 0 amide bonds.